The minimum atomic E-state index is -4.11. The highest BCUT2D eigenvalue weighted by molar-refractivity contribution is 7.89. The van der Waals surface area contributed by atoms with Gasteiger partial charge in [-0.1, -0.05) is 30.3 Å². The number of benzene rings is 3. The molecular formula is C31H30N4O7S. The maximum Gasteiger partial charge on any atom is 0.243 e. The monoisotopic (exact) mass is 602 g/mol. The van der Waals surface area contributed by atoms with E-state index < -0.39 is 22.5 Å². The van der Waals surface area contributed by atoms with Crippen LogP contribution in [0.5, 0.6) is 17.2 Å². The molecule has 0 atom stereocenters. The van der Waals surface area contributed by atoms with Gasteiger partial charge in [-0.2, -0.15) is 4.31 Å². The number of nitrogens with one attached hydrogen (secondary N) is 1. The number of carbonyl (C=O) groups is 1. The largest absolute Gasteiger partial charge is 0.497 e. The predicted molar refractivity (Wildman–Crippen MR) is 160 cm³/mol. The van der Waals surface area contributed by atoms with Crippen molar-refractivity contribution in [3.63, 3.8) is 0 Å². The number of ether oxygens (including phenoxy) is 3. The van der Waals surface area contributed by atoms with E-state index in [1.807, 2.05) is 30.3 Å². The maximum absolute atomic E-state index is 13.7. The van der Waals surface area contributed by atoms with E-state index in [9.17, 15) is 13.2 Å². The van der Waals surface area contributed by atoms with Crippen molar-refractivity contribution in [3.8, 4) is 34.2 Å². The summed E-state index contributed by atoms with van der Waals surface area (Å²) in [6, 6.07) is 24.0. The number of hydrogen-bond donors (Lipinski definition) is 1. The molecule has 43 heavy (non-hydrogen) atoms. The van der Waals surface area contributed by atoms with E-state index >= 15 is 0 Å². The molecular weight excluding hydrogens is 572 g/mol. The van der Waals surface area contributed by atoms with Gasteiger partial charge in [-0.25, -0.2) is 13.4 Å². The number of rotatable bonds is 12. The summed E-state index contributed by atoms with van der Waals surface area (Å²) in [6.45, 7) is -0.664. The number of methoxy groups -OCH3 is 3. The van der Waals surface area contributed by atoms with Crippen LogP contribution in [-0.2, 0) is 21.4 Å². The van der Waals surface area contributed by atoms with Crippen LogP contribution in [0, 0.1) is 0 Å². The molecule has 11 nitrogen and oxygen atoms in total. The Bertz CT molecular complexity index is 1790. The van der Waals surface area contributed by atoms with Crippen LogP contribution in [0.15, 0.2) is 107 Å². The van der Waals surface area contributed by atoms with Gasteiger partial charge in [-0.3, -0.25) is 14.7 Å². The van der Waals surface area contributed by atoms with Crippen LogP contribution in [0.4, 0.5) is 5.95 Å². The van der Waals surface area contributed by atoms with Gasteiger partial charge in [0.15, 0.2) is 11.5 Å². The smallest absolute Gasteiger partial charge is 0.243 e. The molecule has 0 bridgehead atoms. The van der Waals surface area contributed by atoms with E-state index in [4.69, 9.17) is 18.6 Å². The first-order valence-corrected chi connectivity index (χ1v) is 14.6. The second kappa shape index (κ2) is 12.8. The zero-order valence-electron chi connectivity index (χ0n) is 23.8. The fourth-order valence-corrected chi connectivity index (χ4v) is 5.77. The van der Waals surface area contributed by atoms with Crippen LogP contribution in [-0.4, -0.2) is 56.1 Å². The zero-order valence-corrected chi connectivity index (χ0v) is 24.6. The van der Waals surface area contributed by atoms with E-state index in [2.05, 4.69) is 10.3 Å². The number of aromatic nitrogens is 2. The molecule has 0 aliphatic carbocycles. The minimum absolute atomic E-state index is 0.00541. The van der Waals surface area contributed by atoms with Crippen molar-refractivity contribution in [1.82, 2.24) is 13.9 Å². The van der Waals surface area contributed by atoms with Crippen molar-refractivity contribution in [2.24, 2.45) is 0 Å². The molecule has 5 aromatic rings. The Morgan fingerprint density at radius 1 is 0.907 bits per heavy atom. The molecule has 0 fully saturated rings. The molecule has 0 aliphatic rings. The highest BCUT2D eigenvalue weighted by Crippen LogP contribution is 2.32. The fourth-order valence-electron chi connectivity index (χ4n) is 4.41. The summed E-state index contributed by atoms with van der Waals surface area (Å²) in [6.07, 6.45) is 3.22. The second-order valence-corrected chi connectivity index (χ2v) is 11.2. The van der Waals surface area contributed by atoms with Crippen molar-refractivity contribution in [2.45, 2.75) is 11.4 Å². The van der Waals surface area contributed by atoms with Crippen molar-refractivity contribution >= 4 is 21.9 Å². The summed E-state index contributed by atoms with van der Waals surface area (Å²) in [5, 5.41) is 2.80. The van der Waals surface area contributed by atoms with Crippen molar-refractivity contribution in [1.29, 1.82) is 0 Å². The first-order valence-electron chi connectivity index (χ1n) is 13.2. The first-order chi connectivity index (χ1) is 20.8. The van der Waals surface area contributed by atoms with Crippen molar-refractivity contribution < 1.29 is 31.8 Å². The standard InChI is InChI=1S/C31H30N4O7S/c1-39-24-12-14-26(15-13-24)43(37,38)34(19-25-10-7-17-42-25)21-30(36)33-31-32-27(22-8-5-4-6-9-22)20-35(31)23-11-16-28(40-2)29(18-23)41-3/h4-18,20H,19,21H2,1-3H3,(H,32,33,36). The van der Waals surface area contributed by atoms with Crippen LogP contribution in [0.3, 0.4) is 0 Å². The lowest BCUT2D eigenvalue weighted by atomic mass is 10.2. The van der Waals surface area contributed by atoms with Gasteiger partial charge in [-0.05, 0) is 48.5 Å². The van der Waals surface area contributed by atoms with E-state index in [0.717, 1.165) is 9.87 Å². The molecule has 2 aromatic heterocycles. The summed E-state index contributed by atoms with van der Waals surface area (Å²) < 4.78 is 51.5. The molecule has 0 saturated carbocycles. The molecule has 0 aliphatic heterocycles. The number of anilines is 1. The number of hydrogen-bond acceptors (Lipinski definition) is 8. The molecule has 0 unspecified atom stereocenters. The van der Waals surface area contributed by atoms with E-state index in [1.54, 1.807) is 60.3 Å². The molecule has 0 saturated heterocycles. The van der Waals surface area contributed by atoms with E-state index in [0.29, 0.717) is 34.4 Å². The molecule has 222 valence electrons. The lowest BCUT2D eigenvalue weighted by Gasteiger charge is -2.21. The van der Waals surface area contributed by atoms with Crippen molar-refractivity contribution in [3.05, 3.63) is 103 Å². The average molecular weight is 603 g/mol. The van der Waals surface area contributed by atoms with Crippen LogP contribution in [0.2, 0.25) is 0 Å². The lowest BCUT2D eigenvalue weighted by molar-refractivity contribution is -0.116. The lowest BCUT2D eigenvalue weighted by Crippen LogP contribution is -2.37. The molecule has 0 spiro atoms. The van der Waals surface area contributed by atoms with Gasteiger partial charge in [0, 0.05) is 17.8 Å². The Labute approximate surface area is 249 Å². The fraction of sp³-hybridized carbons (Fsp3) is 0.161. The van der Waals surface area contributed by atoms with E-state index in [1.165, 1.54) is 32.6 Å². The van der Waals surface area contributed by atoms with Crippen LogP contribution in [0.1, 0.15) is 5.76 Å². The molecule has 1 N–H and O–H groups in total. The van der Waals surface area contributed by atoms with Gasteiger partial charge in [0.2, 0.25) is 21.9 Å². The summed E-state index contributed by atoms with van der Waals surface area (Å²) in [5.74, 6) is 1.50. The van der Waals surface area contributed by atoms with Crippen molar-refractivity contribution in [2.75, 3.05) is 33.2 Å². The second-order valence-electron chi connectivity index (χ2n) is 9.30. The van der Waals surface area contributed by atoms with Gasteiger partial charge >= 0.3 is 0 Å². The van der Waals surface area contributed by atoms with Gasteiger partial charge in [0.25, 0.3) is 0 Å². The van der Waals surface area contributed by atoms with Crippen LogP contribution in [0.25, 0.3) is 16.9 Å². The average Bonchev–Trinajstić information content (AvgIpc) is 3.71. The predicted octanol–water partition coefficient (Wildman–Crippen LogP) is 4.99. The van der Waals surface area contributed by atoms with Gasteiger partial charge in [0.05, 0.1) is 57.0 Å². The van der Waals surface area contributed by atoms with E-state index in [-0.39, 0.29) is 17.4 Å². The number of carbonyl (C=O) groups excluding carboxylic acids is 1. The Morgan fingerprint density at radius 3 is 2.30 bits per heavy atom. The third-order valence-corrected chi connectivity index (χ3v) is 8.41. The quantitative estimate of drug-likeness (QED) is 0.212. The third kappa shape index (κ3) is 6.55. The third-order valence-electron chi connectivity index (χ3n) is 6.60. The van der Waals surface area contributed by atoms with Gasteiger partial charge in [0.1, 0.15) is 11.5 Å². The van der Waals surface area contributed by atoms with Gasteiger partial charge in [-0.15, -0.1) is 0 Å². The number of amides is 1. The highest BCUT2D eigenvalue weighted by Gasteiger charge is 2.28. The molecule has 5 rings (SSSR count). The Kier molecular flexibility index (Phi) is 8.79. The van der Waals surface area contributed by atoms with Gasteiger partial charge < -0.3 is 18.6 Å². The normalized spacial score (nSPS) is 11.3. The Hall–Kier alpha value is -5.07. The number of sulfonamides is 1. The highest BCUT2D eigenvalue weighted by atomic mass is 32.2. The Balaban J connectivity index is 1.48. The maximum atomic E-state index is 13.7. The number of imidazole rings is 1. The van der Waals surface area contributed by atoms with Crippen LogP contribution < -0.4 is 19.5 Å². The molecule has 3 aromatic carbocycles. The van der Waals surface area contributed by atoms with Crippen LogP contribution >= 0.6 is 0 Å². The molecule has 2 heterocycles. The summed E-state index contributed by atoms with van der Waals surface area (Å²) in [5.41, 5.74) is 2.07. The SMILES string of the molecule is COc1ccc(S(=O)(=O)N(CC(=O)Nc2nc(-c3ccccc3)cn2-c2ccc(OC)c(OC)c2)Cc2ccco2)cc1. The summed E-state index contributed by atoms with van der Waals surface area (Å²) >= 11 is 0. The topological polar surface area (TPSA) is 125 Å². The minimum Gasteiger partial charge on any atom is -0.497 e. The molecule has 1 amide bonds. The summed E-state index contributed by atoms with van der Waals surface area (Å²) in [7, 11) is 0.462. The molecule has 12 heteroatoms. The summed E-state index contributed by atoms with van der Waals surface area (Å²) in [4.78, 5) is 18.2. The number of nitrogens with zero attached hydrogens (tertiary/aromatic N) is 3. The number of furan rings is 1. The Morgan fingerprint density at radius 2 is 1.65 bits per heavy atom. The zero-order chi connectivity index (χ0) is 30.4. The first kappa shape index (κ1) is 29.4. The molecule has 0 radical (unpaired) electrons.